The van der Waals surface area contributed by atoms with E-state index in [4.69, 9.17) is 14.5 Å². The number of alkyl halides is 3. The molecule has 5 rings (SSSR count). The van der Waals surface area contributed by atoms with Crippen molar-refractivity contribution in [3.63, 3.8) is 0 Å². The Morgan fingerprint density at radius 2 is 1.61 bits per heavy atom. The number of halogens is 3. The number of hydrogen-bond donors (Lipinski definition) is 0. The van der Waals surface area contributed by atoms with Gasteiger partial charge in [0.05, 0.1) is 30.8 Å². The fourth-order valence-electron chi connectivity index (χ4n) is 5.47. The lowest BCUT2D eigenvalue weighted by Crippen LogP contribution is -2.22. The normalized spacial score (nSPS) is 17.4. The van der Waals surface area contributed by atoms with Gasteiger partial charge in [0.1, 0.15) is 17.3 Å². The van der Waals surface area contributed by atoms with Gasteiger partial charge in [-0.15, -0.1) is 13.2 Å². The van der Waals surface area contributed by atoms with Gasteiger partial charge in [-0.05, 0) is 86.9 Å². The molecule has 0 aliphatic heterocycles. The summed E-state index contributed by atoms with van der Waals surface area (Å²) in [5.41, 5.74) is 3.35. The fraction of sp³-hybridized carbons (Fsp3) is 0.375. The van der Waals surface area contributed by atoms with Gasteiger partial charge >= 0.3 is 12.3 Å². The predicted octanol–water partition coefficient (Wildman–Crippen LogP) is 7.79. The number of nitrogens with zero attached hydrogens (tertiary/aromatic N) is 2. The van der Waals surface area contributed by atoms with Crippen LogP contribution in [0.3, 0.4) is 0 Å². The lowest BCUT2D eigenvalue weighted by Gasteiger charge is -2.28. The molecule has 4 aromatic rings. The fourth-order valence-corrected chi connectivity index (χ4v) is 5.47. The quantitative estimate of drug-likeness (QED) is 0.183. The standard InChI is InChI=1S/C32H33F3N2O4/c1-2-39-30(38)19-22-11-13-23(14-12-22)21-40-29-10-6-3-7-25(29)20-37-28-9-5-4-8-27(28)36-31(37)24-15-17-26(18-16-24)41-32(33,34)35/h3-10,15-18,22-23H,2,11-14,19-21H2,1H3. The number of rotatable bonds is 10. The molecule has 0 atom stereocenters. The first kappa shape index (κ1) is 28.5. The summed E-state index contributed by atoms with van der Waals surface area (Å²) in [6.07, 6.45) is -0.256. The monoisotopic (exact) mass is 566 g/mol. The van der Waals surface area contributed by atoms with Gasteiger partial charge in [-0.2, -0.15) is 0 Å². The van der Waals surface area contributed by atoms with E-state index in [0.29, 0.717) is 49.4 Å². The van der Waals surface area contributed by atoms with Gasteiger partial charge in [0, 0.05) is 17.5 Å². The number of carbonyl (C=O) groups is 1. The first-order valence-electron chi connectivity index (χ1n) is 14.0. The summed E-state index contributed by atoms with van der Waals surface area (Å²) in [7, 11) is 0. The molecule has 3 aromatic carbocycles. The number of fused-ring (bicyclic) bond motifs is 1. The molecule has 216 valence electrons. The molecule has 1 aliphatic carbocycles. The molecule has 1 aliphatic rings. The van der Waals surface area contributed by atoms with Gasteiger partial charge in [-0.3, -0.25) is 4.79 Å². The molecule has 0 spiro atoms. The van der Waals surface area contributed by atoms with Gasteiger partial charge in [-0.25, -0.2) is 4.98 Å². The van der Waals surface area contributed by atoms with Crippen molar-refractivity contribution in [2.45, 2.75) is 51.9 Å². The number of imidazole rings is 1. The molecule has 0 saturated heterocycles. The van der Waals surface area contributed by atoms with E-state index in [-0.39, 0.29) is 11.7 Å². The lowest BCUT2D eigenvalue weighted by molar-refractivity contribution is -0.274. The van der Waals surface area contributed by atoms with Gasteiger partial charge in [0.25, 0.3) is 0 Å². The van der Waals surface area contributed by atoms with Crippen LogP contribution in [0.1, 0.15) is 44.6 Å². The third kappa shape index (κ3) is 7.39. The summed E-state index contributed by atoms with van der Waals surface area (Å²) in [5, 5.41) is 0. The maximum absolute atomic E-state index is 12.7. The van der Waals surface area contributed by atoms with Crippen molar-refractivity contribution in [3.8, 4) is 22.9 Å². The highest BCUT2D eigenvalue weighted by molar-refractivity contribution is 5.81. The van der Waals surface area contributed by atoms with E-state index < -0.39 is 6.36 Å². The van der Waals surface area contributed by atoms with Crippen molar-refractivity contribution in [2.24, 2.45) is 11.8 Å². The second-order valence-electron chi connectivity index (χ2n) is 10.4. The van der Waals surface area contributed by atoms with Gasteiger partial charge in [-0.1, -0.05) is 30.3 Å². The zero-order valence-corrected chi connectivity index (χ0v) is 22.9. The largest absolute Gasteiger partial charge is 0.573 e. The Labute approximate surface area is 237 Å². The Kier molecular flexibility index (Phi) is 8.81. The summed E-state index contributed by atoms with van der Waals surface area (Å²) in [6.45, 7) is 3.32. The number of ether oxygens (including phenoxy) is 3. The van der Waals surface area contributed by atoms with E-state index in [2.05, 4.69) is 9.30 Å². The van der Waals surface area contributed by atoms with Crippen molar-refractivity contribution in [1.82, 2.24) is 9.55 Å². The third-order valence-electron chi connectivity index (χ3n) is 7.50. The van der Waals surface area contributed by atoms with Crippen molar-refractivity contribution in [1.29, 1.82) is 0 Å². The van der Waals surface area contributed by atoms with Crippen LogP contribution in [0.2, 0.25) is 0 Å². The average Bonchev–Trinajstić information content (AvgIpc) is 3.31. The first-order valence-corrected chi connectivity index (χ1v) is 14.0. The van der Waals surface area contributed by atoms with E-state index >= 15 is 0 Å². The van der Waals surface area contributed by atoms with Gasteiger partial charge in [0.15, 0.2) is 0 Å². The summed E-state index contributed by atoms with van der Waals surface area (Å²) >= 11 is 0. The lowest BCUT2D eigenvalue weighted by atomic mass is 9.81. The molecule has 41 heavy (non-hydrogen) atoms. The molecule has 1 heterocycles. The van der Waals surface area contributed by atoms with E-state index in [1.165, 1.54) is 12.1 Å². The van der Waals surface area contributed by atoms with Crippen LogP contribution in [-0.4, -0.2) is 35.1 Å². The third-order valence-corrected chi connectivity index (χ3v) is 7.50. The molecule has 0 N–H and O–H groups in total. The van der Waals surface area contributed by atoms with Crippen molar-refractivity contribution >= 4 is 17.0 Å². The highest BCUT2D eigenvalue weighted by Gasteiger charge is 2.31. The smallest absolute Gasteiger partial charge is 0.493 e. The Hall–Kier alpha value is -4.01. The molecule has 1 aromatic heterocycles. The van der Waals surface area contributed by atoms with E-state index in [0.717, 1.165) is 48.0 Å². The summed E-state index contributed by atoms with van der Waals surface area (Å²) in [5.74, 6) is 1.83. The van der Waals surface area contributed by atoms with E-state index in [9.17, 15) is 18.0 Å². The van der Waals surface area contributed by atoms with Crippen LogP contribution in [0.5, 0.6) is 11.5 Å². The van der Waals surface area contributed by atoms with E-state index in [1.807, 2.05) is 55.5 Å². The Morgan fingerprint density at radius 1 is 0.927 bits per heavy atom. The highest BCUT2D eigenvalue weighted by atomic mass is 19.4. The van der Waals surface area contributed by atoms with E-state index in [1.54, 1.807) is 12.1 Å². The molecule has 0 unspecified atom stereocenters. The number of aromatic nitrogens is 2. The van der Waals surface area contributed by atoms with Crippen LogP contribution >= 0.6 is 0 Å². The zero-order valence-electron chi connectivity index (χ0n) is 22.9. The maximum Gasteiger partial charge on any atom is 0.573 e. The Morgan fingerprint density at radius 3 is 2.34 bits per heavy atom. The minimum Gasteiger partial charge on any atom is -0.493 e. The predicted molar refractivity (Wildman–Crippen MR) is 150 cm³/mol. The zero-order chi connectivity index (χ0) is 28.8. The second kappa shape index (κ2) is 12.7. The number of carbonyl (C=O) groups excluding carboxylic acids is 1. The van der Waals surface area contributed by atoms with Crippen LogP contribution in [0.15, 0.2) is 72.8 Å². The molecule has 1 saturated carbocycles. The van der Waals surface area contributed by atoms with Crippen LogP contribution in [0, 0.1) is 11.8 Å². The van der Waals surface area contributed by atoms with Gasteiger partial charge < -0.3 is 18.8 Å². The second-order valence-corrected chi connectivity index (χ2v) is 10.4. The number of para-hydroxylation sites is 3. The van der Waals surface area contributed by atoms with Crippen LogP contribution in [0.4, 0.5) is 13.2 Å². The Bertz CT molecular complexity index is 1460. The minimum absolute atomic E-state index is 0.113. The first-order chi connectivity index (χ1) is 19.8. The molecule has 0 bridgehead atoms. The summed E-state index contributed by atoms with van der Waals surface area (Å²) in [4.78, 5) is 16.6. The number of esters is 1. The van der Waals surface area contributed by atoms with Crippen LogP contribution < -0.4 is 9.47 Å². The van der Waals surface area contributed by atoms with Gasteiger partial charge in [0.2, 0.25) is 0 Å². The molecule has 6 nitrogen and oxygen atoms in total. The molecule has 0 amide bonds. The molecule has 9 heteroatoms. The van der Waals surface area contributed by atoms with Crippen molar-refractivity contribution < 1.29 is 32.2 Å². The van der Waals surface area contributed by atoms with Crippen molar-refractivity contribution in [2.75, 3.05) is 13.2 Å². The molecular weight excluding hydrogens is 533 g/mol. The molecule has 0 radical (unpaired) electrons. The number of benzene rings is 3. The highest BCUT2D eigenvalue weighted by Crippen LogP contribution is 2.33. The number of hydrogen-bond acceptors (Lipinski definition) is 5. The Balaban J connectivity index is 1.31. The SMILES string of the molecule is CCOC(=O)CC1CCC(COc2ccccc2Cn2c(-c3ccc(OC(F)(F)F)cc3)nc3ccccc32)CC1. The topological polar surface area (TPSA) is 62.6 Å². The summed E-state index contributed by atoms with van der Waals surface area (Å²) < 4.78 is 55.5. The molecular formula is C32H33F3N2O4. The minimum atomic E-state index is -4.75. The maximum atomic E-state index is 12.7. The van der Waals surface area contributed by atoms with Crippen LogP contribution in [-0.2, 0) is 16.1 Å². The van der Waals surface area contributed by atoms with Crippen molar-refractivity contribution in [3.05, 3.63) is 78.4 Å². The van der Waals surface area contributed by atoms with Crippen LogP contribution in [0.25, 0.3) is 22.4 Å². The average molecular weight is 567 g/mol. The summed E-state index contributed by atoms with van der Waals surface area (Å²) in [6, 6.07) is 21.4. The molecule has 1 fully saturated rings.